The van der Waals surface area contributed by atoms with E-state index in [1.807, 2.05) is 54.6 Å². The van der Waals surface area contributed by atoms with Gasteiger partial charge < -0.3 is 25.4 Å². The predicted molar refractivity (Wildman–Crippen MR) is 125 cm³/mol. The lowest BCUT2D eigenvalue weighted by Crippen LogP contribution is -2.36. The lowest BCUT2D eigenvalue weighted by atomic mass is 10.2. The molecule has 3 heterocycles. The van der Waals surface area contributed by atoms with E-state index >= 15 is 0 Å². The first-order valence-corrected chi connectivity index (χ1v) is 10.5. The number of nitrogens with two attached hydrogens (primary N) is 1. The molecule has 1 aliphatic heterocycles. The first kappa shape index (κ1) is 20.3. The first-order valence-electron chi connectivity index (χ1n) is 10.1. The summed E-state index contributed by atoms with van der Waals surface area (Å²) in [7, 11) is 0. The zero-order valence-electron chi connectivity index (χ0n) is 17.1. The summed E-state index contributed by atoms with van der Waals surface area (Å²) >= 11 is 6.50. The maximum atomic E-state index is 6.50. The van der Waals surface area contributed by atoms with Crippen molar-refractivity contribution in [3.05, 3.63) is 77.8 Å². The van der Waals surface area contributed by atoms with Crippen molar-refractivity contribution in [3.63, 3.8) is 0 Å². The predicted octanol–water partition coefficient (Wildman–Crippen LogP) is 4.07. The normalized spacial score (nSPS) is 15.8. The maximum Gasteiger partial charge on any atom is 0.208 e. The van der Waals surface area contributed by atoms with Gasteiger partial charge in [0.15, 0.2) is 0 Å². The number of ether oxygens (including phenoxy) is 2. The van der Waals surface area contributed by atoms with E-state index < -0.39 is 0 Å². The SMILES string of the molecule is Nc1ncnc2ccc(NC3OCCN3c3ccc(OCc4ccccn4)c(Cl)c3)cc12. The van der Waals surface area contributed by atoms with Gasteiger partial charge in [-0.05, 0) is 48.5 Å². The van der Waals surface area contributed by atoms with Gasteiger partial charge >= 0.3 is 0 Å². The summed E-state index contributed by atoms with van der Waals surface area (Å²) in [6, 6.07) is 17.2. The quantitative estimate of drug-likeness (QED) is 0.455. The molecule has 1 saturated heterocycles. The zero-order chi connectivity index (χ0) is 21.9. The van der Waals surface area contributed by atoms with Crippen molar-refractivity contribution in [3.8, 4) is 5.75 Å². The highest BCUT2D eigenvalue weighted by Gasteiger charge is 2.26. The fourth-order valence-electron chi connectivity index (χ4n) is 3.58. The molecule has 4 aromatic rings. The number of hydrogen-bond donors (Lipinski definition) is 2. The van der Waals surface area contributed by atoms with Gasteiger partial charge in [-0.3, -0.25) is 4.98 Å². The van der Waals surface area contributed by atoms with Gasteiger partial charge in [-0.1, -0.05) is 17.7 Å². The van der Waals surface area contributed by atoms with E-state index in [0.29, 0.717) is 29.8 Å². The number of aromatic nitrogens is 3. The van der Waals surface area contributed by atoms with Gasteiger partial charge in [-0.25, -0.2) is 9.97 Å². The third-order valence-corrected chi connectivity index (χ3v) is 5.49. The van der Waals surface area contributed by atoms with Crippen molar-refractivity contribution < 1.29 is 9.47 Å². The van der Waals surface area contributed by atoms with E-state index in [0.717, 1.165) is 34.5 Å². The van der Waals surface area contributed by atoms with E-state index in [2.05, 4.69) is 25.2 Å². The van der Waals surface area contributed by atoms with E-state index in [4.69, 9.17) is 26.8 Å². The molecular formula is C23H21ClN6O2. The molecule has 5 rings (SSSR count). The molecule has 9 heteroatoms. The molecule has 0 saturated carbocycles. The highest BCUT2D eigenvalue weighted by atomic mass is 35.5. The van der Waals surface area contributed by atoms with Crippen molar-refractivity contribution >= 4 is 39.7 Å². The van der Waals surface area contributed by atoms with Gasteiger partial charge in [-0.2, -0.15) is 0 Å². The monoisotopic (exact) mass is 448 g/mol. The fourth-order valence-corrected chi connectivity index (χ4v) is 3.81. The number of nitrogens with zero attached hydrogens (tertiary/aromatic N) is 4. The summed E-state index contributed by atoms with van der Waals surface area (Å²) in [6.07, 6.45) is 2.84. The molecule has 0 radical (unpaired) electrons. The third-order valence-electron chi connectivity index (χ3n) is 5.20. The van der Waals surface area contributed by atoms with Crippen LogP contribution in [0.5, 0.6) is 5.75 Å². The molecule has 1 fully saturated rings. The zero-order valence-corrected chi connectivity index (χ0v) is 17.9. The number of fused-ring (bicyclic) bond motifs is 1. The Morgan fingerprint density at radius 1 is 1.12 bits per heavy atom. The lowest BCUT2D eigenvalue weighted by Gasteiger charge is -2.27. The lowest BCUT2D eigenvalue weighted by molar-refractivity contribution is 0.134. The van der Waals surface area contributed by atoms with Crippen molar-refractivity contribution in [1.82, 2.24) is 15.0 Å². The molecule has 0 aliphatic carbocycles. The maximum absolute atomic E-state index is 6.50. The standard InChI is InChI=1S/C23H21ClN6O2/c24-19-12-17(5-7-21(19)32-13-16-3-1-2-8-26-16)30-9-10-31-23(30)29-15-4-6-20-18(11-15)22(25)28-14-27-20/h1-8,11-12,14,23,29H,9-10,13H2,(H2,25,27,28). The number of pyridine rings is 1. The van der Waals surface area contributed by atoms with E-state index in [9.17, 15) is 0 Å². The van der Waals surface area contributed by atoms with Gasteiger partial charge in [0.25, 0.3) is 0 Å². The number of halogens is 1. The fraction of sp³-hybridized carbons (Fsp3) is 0.174. The minimum atomic E-state index is -0.352. The minimum Gasteiger partial charge on any atom is -0.486 e. The Hall–Kier alpha value is -3.62. The summed E-state index contributed by atoms with van der Waals surface area (Å²) < 4.78 is 11.7. The van der Waals surface area contributed by atoms with Crippen LogP contribution in [0.4, 0.5) is 17.2 Å². The molecule has 8 nitrogen and oxygen atoms in total. The summed E-state index contributed by atoms with van der Waals surface area (Å²) in [5.41, 5.74) is 9.41. The van der Waals surface area contributed by atoms with Crippen LogP contribution in [-0.2, 0) is 11.3 Å². The van der Waals surface area contributed by atoms with Crippen molar-refractivity contribution in [1.29, 1.82) is 0 Å². The van der Waals surface area contributed by atoms with Crippen LogP contribution in [0.2, 0.25) is 5.02 Å². The Morgan fingerprint density at radius 2 is 2.06 bits per heavy atom. The van der Waals surface area contributed by atoms with Gasteiger partial charge in [0.05, 0.1) is 22.8 Å². The Morgan fingerprint density at radius 3 is 2.91 bits per heavy atom. The van der Waals surface area contributed by atoms with Gasteiger partial charge in [-0.15, -0.1) is 0 Å². The van der Waals surface area contributed by atoms with Crippen molar-refractivity contribution in [2.75, 3.05) is 29.1 Å². The molecule has 162 valence electrons. The highest BCUT2D eigenvalue weighted by Crippen LogP contribution is 2.32. The summed E-state index contributed by atoms with van der Waals surface area (Å²) in [4.78, 5) is 14.7. The van der Waals surface area contributed by atoms with Crippen molar-refractivity contribution in [2.24, 2.45) is 0 Å². The largest absolute Gasteiger partial charge is 0.486 e. The smallest absolute Gasteiger partial charge is 0.208 e. The topological polar surface area (TPSA) is 98.4 Å². The van der Waals surface area contributed by atoms with E-state index in [1.165, 1.54) is 6.33 Å². The highest BCUT2D eigenvalue weighted by molar-refractivity contribution is 6.32. The van der Waals surface area contributed by atoms with Crippen LogP contribution in [0.15, 0.2) is 67.1 Å². The minimum absolute atomic E-state index is 0.352. The van der Waals surface area contributed by atoms with Crippen LogP contribution in [0.25, 0.3) is 10.9 Å². The average Bonchev–Trinajstić information content (AvgIpc) is 3.27. The third kappa shape index (κ3) is 4.23. The number of benzene rings is 2. The number of anilines is 3. The molecular weight excluding hydrogens is 428 g/mol. The molecule has 1 aliphatic rings. The van der Waals surface area contributed by atoms with Gasteiger partial charge in [0.2, 0.25) is 6.35 Å². The Kier molecular flexibility index (Phi) is 5.62. The molecule has 32 heavy (non-hydrogen) atoms. The molecule has 2 aromatic heterocycles. The van der Waals surface area contributed by atoms with Crippen molar-refractivity contribution in [2.45, 2.75) is 13.0 Å². The number of rotatable bonds is 6. The average molecular weight is 449 g/mol. The number of hydrogen-bond acceptors (Lipinski definition) is 8. The second-order valence-corrected chi connectivity index (χ2v) is 7.68. The Labute approximate surface area is 190 Å². The number of nitrogen functional groups attached to an aromatic ring is 1. The van der Waals surface area contributed by atoms with Crippen LogP contribution in [-0.4, -0.2) is 34.5 Å². The Bertz CT molecular complexity index is 1240. The van der Waals surface area contributed by atoms with Crippen LogP contribution >= 0.6 is 11.6 Å². The number of nitrogens with one attached hydrogen (secondary N) is 1. The molecule has 0 amide bonds. The summed E-state index contributed by atoms with van der Waals surface area (Å²) in [6.45, 7) is 1.67. The second kappa shape index (κ2) is 8.86. The molecule has 0 bridgehead atoms. The van der Waals surface area contributed by atoms with Gasteiger partial charge in [0.1, 0.15) is 24.5 Å². The first-order chi connectivity index (χ1) is 15.7. The van der Waals surface area contributed by atoms with Crippen LogP contribution in [0.1, 0.15) is 5.69 Å². The van der Waals surface area contributed by atoms with Gasteiger partial charge in [0, 0.05) is 29.5 Å². The Balaban J connectivity index is 1.31. The molecule has 3 N–H and O–H groups in total. The molecule has 0 spiro atoms. The summed E-state index contributed by atoms with van der Waals surface area (Å²) in [5.74, 6) is 1.05. The van der Waals surface area contributed by atoms with Crippen LogP contribution in [0, 0.1) is 0 Å². The molecule has 1 unspecified atom stereocenters. The van der Waals surface area contributed by atoms with Crippen LogP contribution in [0.3, 0.4) is 0 Å². The van der Waals surface area contributed by atoms with Crippen LogP contribution < -0.4 is 20.7 Å². The molecule has 1 atom stereocenters. The van der Waals surface area contributed by atoms with E-state index in [-0.39, 0.29) is 6.35 Å². The van der Waals surface area contributed by atoms with E-state index in [1.54, 1.807) is 6.20 Å². The molecule has 2 aromatic carbocycles. The summed E-state index contributed by atoms with van der Waals surface area (Å²) in [5, 5.41) is 4.72. The second-order valence-electron chi connectivity index (χ2n) is 7.28.